The van der Waals surface area contributed by atoms with E-state index in [1.165, 1.54) is 18.5 Å². The molecule has 0 radical (unpaired) electrons. The van der Waals surface area contributed by atoms with Crippen molar-refractivity contribution in [2.75, 3.05) is 61.6 Å². The summed E-state index contributed by atoms with van der Waals surface area (Å²) >= 11 is 0. The van der Waals surface area contributed by atoms with Gasteiger partial charge in [-0.25, -0.2) is 9.97 Å². The van der Waals surface area contributed by atoms with Crippen molar-refractivity contribution in [3.8, 4) is 5.75 Å². The molecule has 27 heavy (non-hydrogen) atoms. The Morgan fingerprint density at radius 3 is 2.48 bits per heavy atom. The lowest BCUT2D eigenvalue weighted by Crippen LogP contribution is -2.47. The van der Waals surface area contributed by atoms with E-state index in [0.717, 1.165) is 55.9 Å². The average Bonchev–Trinajstić information content (AvgIpc) is 2.71. The SMILES string of the molecule is CCCCN(C)c1cc(N2CCN(c3ccccc3OC)CC2)nc(C)n1. The summed E-state index contributed by atoms with van der Waals surface area (Å²) in [6.45, 7) is 8.99. The number of aromatic nitrogens is 2. The van der Waals surface area contributed by atoms with Crippen LogP contribution in [-0.4, -0.2) is 56.8 Å². The summed E-state index contributed by atoms with van der Waals surface area (Å²) in [7, 11) is 3.84. The van der Waals surface area contributed by atoms with Crippen molar-refractivity contribution >= 4 is 17.3 Å². The number of ether oxygens (including phenoxy) is 1. The second-order valence-electron chi connectivity index (χ2n) is 7.05. The largest absolute Gasteiger partial charge is 0.495 e. The number of hydrogen-bond donors (Lipinski definition) is 0. The number of anilines is 3. The van der Waals surface area contributed by atoms with Gasteiger partial charge in [0.15, 0.2) is 0 Å². The molecule has 0 atom stereocenters. The molecule has 1 aromatic heterocycles. The summed E-state index contributed by atoms with van der Waals surface area (Å²) in [6.07, 6.45) is 2.36. The zero-order valence-corrected chi connectivity index (χ0v) is 17.0. The highest BCUT2D eigenvalue weighted by Gasteiger charge is 2.21. The first-order valence-electron chi connectivity index (χ1n) is 9.82. The molecule has 0 bridgehead atoms. The highest BCUT2D eigenvalue weighted by atomic mass is 16.5. The molecule has 0 aliphatic carbocycles. The van der Waals surface area contributed by atoms with Crippen molar-refractivity contribution in [1.82, 2.24) is 9.97 Å². The van der Waals surface area contributed by atoms with Crippen LogP contribution >= 0.6 is 0 Å². The van der Waals surface area contributed by atoms with Crippen LogP contribution in [0.5, 0.6) is 5.75 Å². The summed E-state index contributed by atoms with van der Waals surface area (Å²) in [6, 6.07) is 10.4. The van der Waals surface area contributed by atoms with E-state index < -0.39 is 0 Å². The van der Waals surface area contributed by atoms with Gasteiger partial charge in [0.25, 0.3) is 0 Å². The maximum Gasteiger partial charge on any atom is 0.142 e. The molecular weight excluding hydrogens is 338 g/mol. The van der Waals surface area contributed by atoms with Gasteiger partial charge in [0.2, 0.25) is 0 Å². The standard InChI is InChI=1S/C21H31N5O/c1-5-6-11-24(3)20-16-21(23-17(2)22-20)26-14-12-25(13-15-26)18-9-7-8-10-19(18)27-4/h7-10,16H,5-6,11-15H2,1-4H3. The van der Waals surface area contributed by atoms with Crippen molar-refractivity contribution in [2.45, 2.75) is 26.7 Å². The first-order valence-corrected chi connectivity index (χ1v) is 9.82. The molecule has 146 valence electrons. The quantitative estimate of drug-likeness (QED) is 0.746. The van der Waals surface area contributed by atoms with Gasteiger partial charge in [0.1, 0.15) is 23.2 Å². The second-order valence-corrected chi connectivity index (χ2v) is 7.05. The molecule has 0 amide bonds. The number of methoxy groups -OCH3 is 1. The average molecular weight is 370 g/mol. The predicted octanol–water partition coefficient (Wildman–Crippen LogP) is 3.36. The Kier molecular flexibility index (Phi) is 6.37. The zero-order valence-electron chi connectivity index (χ0n) is 17.0. The van der Waals surface area contributed by atoms with Gasteiger partial charge >= 0.3 is 0 Å². The van der Waals surface area contributed by atoms with Gasteiger partial charge in [-0.3, -0.25) is 0 Å². The molecule has 1 saturated heterocycles. The molecular formula is C21H31N5O. The maximum absolute atomic E-state index is 5.52. The van der Waals surface area contributed by atoms with E-state index in [-0.39, 0.29) is 0 Å². The maximum atomic E-state index is 5.52. The highest BCUT2D eigenvalue weighted by Crippen LogP contribution is 2.29. The molecule has 3 rings (SSSR count). The lowest BCUT2D eigenvalue weighted by molar-refractivity contribution is 0.413. The molecule has 0 N–H and O–H groups in total. The third-order valence-corrected chi connectivity index (χ3v) is 5.08. The van der Waals surface area contributed by atoms with E-state index in [1.54, 1.807) is 7.11 Å². The fourth-order valence-electron chi connectivity index (χ4n) is 3.47. The van der Waals surface area contributed by atoms with Gasteiger partial charge in [-0.1, -0.05) is 25.5 Å². The Labute approximate surface area is 162 Å². The van der Waals surface area contributed by atoms with Crippen molar-refractivity contribution in [3.05, 3.63) is 36.2 Å². The van der Waals surface area contributed by atoms with E-state index in [2.05, 4.69) is 51.9 Å². The Morgan fingerprint density at radius 1 is 1.07 bits per heavy atom. The number of rotatable bonds is 7. The summed E-state index contributed by atoms with van der Waals surface area (Å²) in [4.78, 5) is 16.3. The number of unbranched alkanes of at least 4 members (excludes halogenated alkanes) is 1. The van der Waals surface area contributed by atoms with E-state index in [0.29, 0.717) is 0 Å². The molecule has 0 spiro atoms. The number of nitrogens with zero attached hydrogens (tertiary/aromatic N) is 5. The first-order chi connectivity index (χ1) is 13.1. The molecule has 0 unspecified atom stereocenters. The predicted molar refractivity (Wildman–Crippen MR) is 112 cm³/mol. The summed E-state index contributed by atoms with van der Waals surface area (Å²) < 4.78 is 5.52. The van der Waals surface area contributed by atoms with Crippen LogP contribution in [0.3, 0.4) is 0 Å². The molecule has 1 fully saturated rings. The van der Waals surface area contributed by atoms with Gasteiger partial charge in [-0.05, 0) is 25.5 Å². The number of hydrogen-bond acceptors (Lipinski definition) is 6. The van der Waals surface area contributed by atoms with Gasteiger partial charge in [-0.2, -0.15) is 0 Å². The summed E-state index contributed by atoms with van der Waals surface area (Å²) in [5.41, 5.74) is 1.17. The minimum Gasteiger partial charge on any atom is -0.495 e. The van der Waals surface area contributed by atoms with Crippen LogP contribution in [0.2, 0.25) is 0 Å². The van der Waals surface area contributed by atoms with Crippen LogP contribution in [0.15, 0.2) is 30.3 Å². The molecule has 1 aliphatic heterocycles. The van der Waals surface area contributed by atoms with Gasteiger partial charge in [0, 0.05) is 45.8 Å². The number of piperazine rings is 1. The summed E-state index contributed by atoms with van der Waals surface area (Å²) in [5.74, 6) is 3.81. The van der Waals surface area contributed by atoms with Crippen LogP contribution < -0.4 is 19.4 Å². The van der Waals surface area contributed by atoms with Crippen molar-refractivity contribution in [3.63, 3.8) is 0 Å². The van der Waals surface area contributed by atoms with Crippen LogP contribution in [0.4, 0.5) is 17.3 Å². The molecule has 1 aromatic carbocycles. The molecule has 6 heteroatoms. The van der Waals surface area contributed by atoms with Crippen LogP contribution in [0.1, 0.15) is 25.6 Å². The van der Waals surface area contributed by atoms with Crippen molar-refractivity contribution in [1.29, 1.82) is 0 Å². The van der Waals surface area contributed by atoms with Crippen LogP contribution in [-0.2, 0) is 0 Å². The normalized spacial score (nSPS) is 14.4. The van der Waals surface area contributed by atoms with Crippen LogP contribution in [0.25, 0.3) is 0 Å². The van der Waals surface area contributed by atoms with Gasteiger partial charge in [0.05, 0.1) is 12.8 Å². The van der Waals surface area contributed by atoms with Crippen molar-refractivity contribution in [2.24, 2.45) is 0 Å². The third-order valence-electron chi connectivity index (χ3n) is 5.08. The highest BCUT2D eigenvalue weighted by molar-refractivity contribution is 5.60. The zero-order chi connectivity index (χ0) is 19.2. The monoisotopic (exact) mass is 369 g/mol. The fraction of sp³-hybridized carbons (Fsp3) is 0.524. The Balaban J connectivity index is 1.69. The van der Waals surface area contributed by atoms with Gasteiger partial charge in [-0.15, -0.1) is 0 Å². The number of para-hydroxylation sites is 2. The Hall–Kier alpha value is -2.50. The second kappa shape index (κ2) is 8.93. The topological polar surface area (TPSA) is 44.7 Å². The van der Waals surface area contributed by atoms with E-state index in [4.69, 9.17) is 9.72 Å². The molecule has 2 aromatic rings. The number of benzene rings is 1. The van der Waals surface area contributed by atoms with E-state index in [1.807, 2.05) is 19.1 Å². The van der Waals surface area contributed by atoms with Gasteiger partial charge < -0.3 is 19.4 Å². The fourth-order valence-corrected chi connectivity index (χ4v) is 3.47. The lowest BCUT2D eigenvalue weighted by atomic mass is 10.2. The van der Waals surface area contributed by atoms with E-state index in [9.17, 15) is 0 Å². The number of aryl methyl sites for hydroxylation is 1. The first kappa shape index (κ1) is 19.3. The molecule has 0 saturated carbocycles. The molecule has 2 heterocycles. The Morgan fingerprint density at radius 2 is 1.78 bits per heavy atom. The van der Waals surface area contributed by atoms with E-state index >= 15 is 0 Å². The minimum absolute atomic E-state index is 0.831. The minimum atomic E-state index is 0.831. The lowest BCUT2D eigenvalue weighted by Gasteiger charge is -2.37. The molecule has 1 aliphatic rings. The third kappa shape index (κ3) is 4.62. The summed E-state index contributed by atoms with van der Waals surface area (Å²) in [5, 5.41) is 0. The smallest absolute Gasteiger partial charge is 0.142 e. The van der Waals surface area contributed by atoms with Crippen molar-refractivity contribution < 1.29 is 4.74 Å². The Bertz CT molecular complexity index is 743. The van der Waals surface area contributed by atoms with Crippen LogP contribution in [0, 0.1) is 6.92 Å². The molecule has 6 nitrogen and oxygen atoms in total.